The van der Waals surface area contributed by atoms with E-state index in [1.165, 1.54) is 12.3 Å². The Balaban J connectivity index is 2.58. The number of rotatable bonds is 4. The van der Waals surface area contributed by atoms with Gasteiger partial charge in [0.1, 0.15) is 16.4 Å². The molecule has 1 amide bonds. The fourth-order valence-corrected chi connectivity index (χ4v) is 3.07. The predicted molar refractivity (Wildman–Crippen MR) is 91.7 cm³/mol. The summed E-state index contributed by atoms with van der Waals surface area (Å²) in [7, 11) is -3.68. The lowest BCUT2D eigenvalue weighted by Crippen LogP contribution is -2.24. The fraction of sp³-hybridized carbons (Fsp3) is 0.0714. The van der Waals surface area contributed by atoms with Gasteiger partial charge in [0, 0.05) is 16.9 Å². The van der Waals surface area contributed by atoms with Crippen LogP contribution in [-0.4, -0.2) is 31.5 Å². The third kappa shape index (κ3) is 4.30. The van der Waals surface area contributed by atoms with E-state index in [0.717, 1.165) is 12.3 Å². The van der Waals surface area contributed by atoms with Crippen LogP contribution in [0.25, 0.3) is 0 Å². The van der Waals surface area contributed by atoms with Gasteiger partial charge in [0.05, 0.1) is 11.8 Å². The zero-order valence-electron chi connectivity index (χ0n) is 12.4. The molecule has 10 heteroatoms. The average molecular weight is 413 g/mol. The molecule has 0 bridgehead atoms. The van der Waals surface area contributed by atoms with E-state index < -0.39 is 21.7 Å². The normalized spacial score (nSPS) is 10.9. The molecule has 0 fully saturated rings. The predicted octanol–water partition coefficient (Wildman–Crippen LogP) is 1.45. The Morgan fingerprint density at radius 3 is 2.58 bits per heavy atom. The molecular formula is C14H13BrN4O4S. The second kappa shape index (κ2) is 6.97. The van der Waals surface area contributed by atoms with Crippen molar-refractivity contribution in [2.45, 2.75) is 4.90 Å². The third-order valence-corrected chi connectivity index (χ3v) is 4.53. The molecule has 2 aromatic rings. The maximum atomic E-state index is 12.0. The van der Waals surface area contributed by atoms with Gasteiger partial charge in [-0.05, 0) is 40.2 Å². The molecule has 126 valence electrons. The number of ether oxygens (including phenoxy) is 1. The van der Waals surface area contributed by atoms with Gasteiger partial charge in [-0.25, -0.2) is 8.42 Å². The molecular weight excluding hydrogens is 400 g/mol. The summed E-state index contributed by atoms with van der Waals surface area (Å²) in [5, 5.41) is 0. The molecule has 1 heterocycles. The number of nitrogens with zero attached hydrogens (tertiary/aromatic N) is 2. The van der Waals surface area contributed by atoms with Crippen LogP contribution in [0.1, 0.15) is 10.4 Å². The molecule has 4 N–H and O–H groups in total. The SMILES string of the molecule is CS(=O)(=O)c1cc(C(=O)N=C(N)N)c(Br)cc1Oc1cccnc1. The van der Waals surface area contributed by atoms with Gasteiger partial charge in [-0.1, -0.05) is 0 Å². The van der Waals surface area contributed by atoms with Gasteiger partial charge >= 0.3 is 0 Å². The zero-order valence-corrected chi connectivity index (χ0v) is 14.8. The topological polar surface area (TPSA) is 138 Å². The van der Waals surface area contributed by atoms with E-state index in [4.69, 9.17) is 16.2 Å². The smallest absolute Gasteiger partial charge is 0.281 e. The molecule has 8 nitrogen and oxygen atoms in total. The number of halogens is 1. The molecule has 1 aromatic carbocycles. The molecule has 1 aromatic heterocycles. The number of aromatic nitrogens is 1. The van der Waals surface area contributed by atoms with Crippen LogP contribution in [-0.2, 0) is 9.84 Å². The molecule has 0 spiro atoms. The highest BCUT2D eigenvalue weighted by atomic mass is 79.9. The minimum atomic E-state index is -3.68. The van der Waals surface area contributed by atoms with E-state index >= 15 is 0 Å². The summed E-state index contributed by atoms with van der Waals surface area (Å²) in [4.78, 5) is 19.1. The number of nitrogens with two attached hydrogens (primary N) is 2. The molecule has 2 rings (SSSR count). The first kappa shape index (κ1) is 17.9. The number of guanidine groups is 1. The number of hydrogen-bond donors (Lipinski definition) is 2. The van der Waals surface area contributed by atoms with Crippen molar-refractivity contribution in [2.75, 3.05) is 6.26 Å². The summed E-state index contributed by atoms with van der Waals surface area (Å²) in [6.45, 7) is 0. The zero-order chi connectivity index (χ0) is 17.9. The Kier molecular flexibility index (Phi) is 5.20. The van der Waals surface area contributed by atoms with Crippen molar-refractivity contribution in [2.24, 2.45) is 16.5 Å². The molecule has 0 aliphatic heterocycles. The van der Waals surface area contributed by atoms with E-state index in [2.05, 4.69) is 25.9 Å². The minimum Gasteiger partial charge on any atom is -0.454 e. The van der Waals surface area contributed by atoms with Crippen molar-refractivity contribution in [3.8, 4) is 11.5 Å². The number of carbonyl (C=O) groups is 1. The van der Waals surface area contributed by atoms with Crippen molar-refractivity contribution in [3.05, 3.63) is 46.7 Å². The Bertz CT molecular complexity index is 910. The van der Waals surface area contributed by atoms with Gasteiger partial charge in [0.25, 0.3) is 5.91 Å². The van der Waals surface area contributed by atoms with E-state index in [0.29, 0.717) is 5.75 Å². The van der Waals surface area contributed by atoms with Crippen LogP contribution >= 0.6 is 15.9 Å². The van der Waals surface area contributed by atoms with E-state index in [-0.39, 0.29) is 20.7 Å². The van der Waals surface area contributed by atoms with Crippen LogP contribution in [0.3, 0.4) is 0 Å². The molecule has 0 aliphatic rings. The lowest BCUT2D eigenvalue weighted by Gasteiger charge is -2.12. The van der Waals surface area contributed by atoms with Crippen LogP contribution in [0.15, 0.2) is 51.0 Å². The molecule has 0 saturated carbocycles. The van der Waals surface area contributed by atoms with Gasteiger partial charge in [-0.3, -0.25) is 9.78 Å². The number of amides is 1. The Morgan fingerprint density at radius 1 is 1.33 bits per heavy atom. The number of sulfone groups is 1. The van der Waals surface area contributed by atoms with Crippen LogP contribution in [0.4, 0.5) is 0 Å². The molecule has 24 heavy (non-hydrogen) atoms. The van der Waals surface area contributed by atoms with E-state index in [9.17, 15) is 13.2 Å². The van der Waals surface area contributed by atoms with Gasteiger partial charge in [-0.2, -0.15) is 4.99 Å². The van der Waals surface area contributed by atoms with Gasteiger partial charge < -0.3 is 16.2 Å². The maximum Gasteiger partial charge on any atom is 0.281 e. The lowest BCUT2D eigenvalue weighted by molar-refractivity contribution is 0.100. The number of hydrogen-bond acceptors (Lipinski definition) is 5. The maximum absolute atomic E-state index is 12.0. The minimum absolute atomic E-state index is 0.0117. The first-order valence-electron chi connectivity index (χ1n) is 6.44. The molecule has 0 atom stereocenters. The molecule has 0 unspecified atom stereocenters. The van der Waals surface area contributed by atoms with Crippen molar-refractivity contribution in [1.29, 1.82) is 0 Å². The van der Waals surface area contributed by atoms with Crippen molar-refractivity contribution >= 4 is 37.6 Å². The highest BCUT2D eigenvalue weighted by molar-refractivity contribution is 9.10. The summed E-state index contributed by atoms with van der Waals surface area (Å²) in [5.74, 6) is -0.820. The number of carbonyl (C=O) groups excluding carboxylic acids is 1. The number of benzene rings is 1. The van der Waals surface area contributed by atoms with Crippen LogP contribution in [0.2, 0.25) is 0 Å². The number of pyridine rings is 1. The fourth-order valence-electron chi connectivity index (χ4n) is 1.78. The summed E-state index contributed by atoms with van der Waals surface area (Å²) >= 11 is 3.19. The van der Waals surface area contributed by atoms with E-state index in [1.807, 2.05) is 0 Å². The highest BCUT2D eigenvalue weighted by Crippen LogP contribution is 2.34. The monoisotopic (exact) mass is 412 g/mol. The number of aliphatic imine (C=N–C) groups is 1. The van der Waals surface area contributed by atoms with E-state index in [1.54, 1.807) is 18.3 Å². The quantitative estimate of drug-likeness (QED) is 0.572. The van der Waals surface area contributed by atoms with Crippen molar-refractivity contribution in [1.82, 2.24) is 4.98 Å². The van der Waals surface area contributed by atoms with Gasteiger partial charge in [0.2, 0.25) is 0 Å². The second-order valence-corrected chi connectivity index (χ2v) is 7.52. The highest BCUT2D eigenvalue weighted by Gasteiger charge is 2.21. The standard InChI is InChI=1S/C14H13BrN4O4S/c1-24(21,22)12-5-9(13(20)19-14(16)17)10(15)6-11(12)23-8-3-2-4-18-7-8/h2-7H,1H3,(H4,16,17,19,20). The molecule has 0 radical (unpaired) electrons. The molecule has 0 saturated heterocycles. The average Bonchev–Trinajstić information content (AvgIpc) is 2.46. The van der Waals surface area contributed by atoms with Crippen LogP contribution in [0.5, 0.6) is 11.5 Å². The van der Waals surface area contributed by atoms with Gasteiger partial charge in [-0.15, -0.1) is 0 Å². The van der Waals surface area contributed by atoms with Crippen molar-refractivity contribution < 1.29 is 17.9 Å². The third-order valence-electron chi connectivity index (χ3n) is 2.76. The summed E-state index contributed by atoms with van der Waals surface area (Å²) < 4.78 is 29.9. The molecule has 0 aliphatic carbocycles. The van der Waals surface area contributed by atoms with Crippen LogP contribution in [0, 0.1) is 0 Å². The van der Waals surface area contributed by atoms with Crippen LogP contribution < -0.4 is 16.2 Å². The summed E-state index contributed by atoms with van der Waals surface area (Å²) in [6, 6.07) is 5.77. The summed E-state index contributed by atoms with van der Waals surface area (Å²) in [5.41, 5.74) is 10.3. The largest absolute Gasteiger partial charge is 0.454 e. The Hall–Kier alpha value is -2.46. The summed E-state index contributed by atoms with van der Waals surface area (Å²) in [6.07, 6.45) is 3.98. The Labute approximate surface area is 146 Å². The first-order valence-corrected chi connectivity index (χ1v) is 9.12. The lowest BCUT2D eigenvalue weighted by atomic mass is 10.2. The second-order valence-electron chi connectivity index (χ2n) is 4.68. The first-order chi connectivity index (χ1) is 11.2. The van der Waals surface area contributed by atoms with Crippen molar-refractivity contribution in [3.63, 3.8) is 0 Å². The van der Waals surface area contributed by atoms with Gasteiger partial charge in [0.15, 0.2) is 15.8 Å². The Morgan fingerprint density at radius 2 is 2.04 bits per heavy atom.